The Kier molecular flexibility index (Phi) is 18.9. The fourth-order valence-corrected chi connectivity index (χ4v) is 8.76. The largest absolute Gasteiger partial charge is 0.484 e. The van der Waals surface area contributed by atoms with Crippen molar-refractivity contribution in [2.24, 2.45) is 0 Å². The van der Waals surface area contributed by atoms with Gasteiger partial charge in [0.1, 0.15) is 60.9 Å². The van der Waals surface area contributed by atoms with Gasteiger partial charge in [0.15, 0.2) is 30.9 Å². The Hall–Kier alpha value is -6.89. The molecule has 0 unspecified atom stereocenters. The van der Waals surface area contributed by atoms with Crippen LogP contribution in [0.15, 0.2) is 164 Å². The van der Waals surface area contributed by atoms with Gasteiger partial charge in [-0.25, -0.2) is 14.4 Å². The zero-order chi connectivity index (χ0) is 52.7. The summed E-state index contributed by atoms with van der Waals surface area (Å²) in [5.74, 6) is -2.56. The fourth-order valence-electron chi connectivity index (χ4n) is 8.68. The van der Waals surface area contributed by atoms with Gasteiger partial charge in [-0.05, 0) is 61.0 Å². The number of fused-ring (bicyclic) bond motifs is 1. The van der Waals surface area contributed by atoms with Crippen molar-refractivity contribution in [2.75, 3.05) is 19.6 Å². The van der Waals surface area contributed by atoms with E-state index in [2.05, 4.69) is 5.32 Å². The van der Waals surface area contributed by atoms with Crippen molar-refractivity contribution >= 4 is 46.4 Å². The predicted octanol–water partition coefficient (Wildman–Crippen LogP) is 8.88. The number of rotatable bonds is 20. The Morgan fingerprint density at radius 2 is 1.17 bits per heavy atom. The first-order chi connectivity index (χ1) is 36.4. The highest BCUT2D eigenvalue weighted by Crippen LogP contribution is 2.38. The number of hydrogen-bond acceptors (Lipinski definition) is 15. The maximum atomic E-state index is 14.9. The number of benzene rings is 6. The lowest BCUT2D eigenvalue weighted by Crippen LogP contribution is -2.69. The molecule has 2 aliphatic rings. The van der Waals surface area contributed by atoms with Crippen LogP contribution in [0.2, 0.25) is 0 Å². The monoisotopic (exact) mass is 1050 g/mol. The Bertz CT molecular complexity index is 2780. The zero-order valence-electron chi connectivity index (χ0n) is 41.9. The molecule has 0 saturated carbocycles. The van der Waals surface area contributed by atoms with Crippen molar-refractivity contribution in [3.05, 3.63) is 186 Å². The van der Waals surface area contributed by atoms with Crippen LogP contribution >= 0.6 is 11.6 Å². The van der Waals surface area contributed by atoms with E-state index in [1.807, 2.05) is 127 Å². The predicted molar refractivity (Wildman–Crippen MR) is 274 cm³/mol. The molecule has 394 valence electrons. The van der Waals surface area contributed by atoms with Gasteiger partial charge in [-0.3, -0.25) is 4.79 Å². The van der Waals surface area contributed by atoms with Crippen LogP contribution in [0.4, 0.5) is 4.79 Å². The summed E-state index contributed by atoms with van der Waals surface area (Å²) in [7, 11) is 1.37. The Morgan fingerprint density at radius 3 is 1.79 bits per heavy atom. The van der Waals surface area contributed by atoms with Crippen molar-refractivity contribution in [3.63, 3.8) is 0 Å². The molecule has 8 rings (SSSR count). The molecule has 6 aromatic carbocycles. The first-order valence-corrected chi connectivity index (χ1v) is 25.0. The maximum absolute atomic E-state index is 14.9. The molecule has 0 aromatic heterocycles. The first kappa shape index (κ1) is 54.4. The van der Waals surface area contributed by atoms with E-state index in [1.165, 1.54) is 7.11 Å². The molecular weight excluding hydrogens is 986 g/mol. The number of nitrogens with one attached hydrogen (secondary N) is 1. The Balaban J connectivity index is 1.26. The second kappa shape index (κ2) is 26.1. The van der Waals surface area contributed by atoms with E-state index in [-0.39, 0.29) is 25.4 Å². The number of carbonyl (C=O) groups excluding carboxylic acids is 4. The molecule has 2 fully saturated rings. The first-order valence-electron chi connectivity index (χ1n) is 24.5. The van der Waals surface area contributed by atoms with Crippen LogP contribution < -0.4 is 10.1 Å². The van der Waals surface area contributed by atoms with E-state index >= 15 is 0 Å². The summed E-state index contributed by atoms with van der Waals surface area (Å²) in [6.07, 6.45) is -13.8. The molecule has 2 saturated heterocycles. The van der Waals surface area contributed by atoms with Crippen LogP contribution in [0.25, 0.3) is 10.8 Å². The van der Waals surface area contributed by atoms with Gasteiger partial charge < -0.3 is 57.4 Å². The third-order valence-corrected chi connectivity index (χ3v) is 12.4. The van der Waals surface area contributed by atoms with E-state index in [1.54, 1.807) is 57.2 Å². The number of alkyl halides is 1. The van der Waals surface area contributed by atoms with E-state index < -0.39 is 103 Å². The number of hydrogen-bond donors (Lipinski definition) is 1. The number of alkyl carbamates (subject to hydrolysis) is 1. The molecule has 0 radical (unpaired) electrons. The number of carbonyl (C=O) groups is 4. The molecule has 17 heteroatoms. The minimum absolute atomic E-state index is 0.0462. The zero-order valence-corrected chi connectivity index (χ0v) is 42.7. The van der Waals surface area contributed by atoms with Crippen LogP contribution in [0.1, 0.15) is 47.8 Å². The van der Waals surface area contributed by atoms with E-state index in [0.29, 0.717) is 11.1 Å². The minimum atomic E-state index is -1.75. The van der Waals surface area contributed by atoms with Crippen molar-refractivity contribution in [1.82, 2.24) is 5.32 Å². The molecule has 2 heterocycles. The number of halogens is 1. The summed E-state index contributed by atoms with van der Waals surface area (Å²) in [5, 5.41) is 4.42. The van der Waals surface area contributed by atoms with Crippen molar-refractivity contribution in [1.29, 1.82) is 0 Å². The molecule has 0 bridgehead atoms. The summed E-state index contributed by atoms with van der Waals surface area (Å²) in [6, 6.07) is 47.7. The van der Waals surface area contributed by atoms with Gasteiger partial charge in [0.2, 0.25) is 0 Å². The third kappa shape index (κ3) is 14.7. The molecular formula is C58H60ClNO15. The Labute approximate surface area is 440 Å². The summed E-state index contributed by atoms with van der Waals surface area (Å²) in [4.78, 5) is 56.0. The van der Waals surface area contributed by atoms with Gasteiger partial charge in [0.25, 0.3) is 0 Å². The van der Waals surface area contributed by atoms with Gasteiger partial charge in [-0.2, -0.15) is 0 Å². The van der Waals surface area contributed by atoms with Crippen LogP contribution in [-0.4, -0.2) is 111 Å². The average molecular weight is 1050 g/mol. The maximum Gasteiger partial charge on any atom is 0.407 e. The summed E-state index contributed by atoms with van der Waals surface area (Å²) in [5.41, 5.74) is 1.35. The third-order valence-electron chi connectivity index (χ3n) is 12.2. The molecule has 75 heavy (non-hydrogen) atoms. The highest BCUT2D eigenvalue weighted by molar-refractivity contribution is 6.26. The van der Waals surface area contributed by atoms with E-state index in [0.717, 1.165) is 22.1 Å². The molecule has 10 atom stereocenters. The van der Waals surface area contributed by atoms with E-state index in [4.69, 9.17) is 63.7 Å². The second-order valence-corrected chi connectivity index (χ2v) is 19.0. The summed E-state index contributed by atoms with van der Waals surface area (Å²) < 4.78 is 70.7. The van der Waals surface area contributed by atoms with Gasteiger partial charge in [-0.15, -0.1) is 11.6 Å². The quantitative estimate of drug-likeness (QED) is 0.0435. The van der Waals surface area contributed by atoms with Crippen molar-refractivity contribution in [3.8, 4) is 5.75 Å². The second-order valence-electron chi connectivity index (χ2n) is 18.7. The lowest BCUT2D eigenvalue weighted by atomic mass is 9.94. The van der Waals surface area contributed by atoms with Gasteiger partial charge in [-0.1, -0.05) is 146 Å². The van der Waals surface area contributed by atoms with Crippen LogP contribution in [0.5, 0.6) is 5.75 Å². The van der Waals surface area contributed by atoms with Crippen molar-refractivity contribution in [2.45, 2.75) is 108 Å². The average Bonchev–Trinajstić information content (AvgIpc) is 3.43. The molecule has 1 N–H and O–H groups in total. The smallest absolute Gasteiger partial charge is 0.407 e. The summed E-state index contributed by atoms with van der Waals surface area (Å²) >= 11 is 5.93. The highest BCUT2D eigenvalue weighted by Gasteiger charge is 2.58. The molecule has 0 aliphatic carbocycles. The normalized spacial score (nSPS) is 23.6. The van der Waals surface area contributed by atoms with Crippen molar-refractivity contribution < 1.29 is 71.3 Å². The molecule has 16 nitrogen and oxygen atoms in total. The lowest BCUT2D eigenvalue weighted by molar-refractivity contribution is -0.347. The van der Waals surface area contributed by atoms with Crippen LogP contribution in [-0.2, 0) is 76.8 Å². The van der Waals surface area contributed by atoms with E-state index in [9.17, 15) is 19.2 Å². The summed E-state index contributed by atoms with van der Waals surface area (Å²) in [6.45, 7) is 4.46. The van der Waals surface area contributed by atoms with Gasteiger partial charge >= 0.3 is 24.0 Å². The van der Waals surface area contributed by atoms with Gasteiger partial charge in [0, 0.05) is 12.5 Å². The molecule has 6 aromatic rings. The highest BCUT2D eigenvalue weighted by atomic mass is 35.5. The standard InChI is InChI=1S/C58H60ClNO15/c1-58(2,3)75-54(63)51-50(70-43-31-19-29-40-26-17-18-30-42(40)43)49(68-34-38-22-11-6-12-23-38)52(72-53(62)41-27-15-8-16-28-41)56(74-51)73-47-44(36-66-45(61)32-59)71-55(65-4)46(48(47)67-33-37-20-9-5-10-21-37)60-57(64)69-35-39-24-13-7-14-25-39/h5-31,44,46-52,55-56H,32-36H2,1-4H3,(H,60,64)/t44-,46-,47-,48-,49+,50+,51-,52-,55+,56-/m1/s1. The Morgan fingerprint density at radius 1 is 0.600 bits per heavy atom. The molecule has 1 amide bonds. The molecule has 2 aliphatic heterocycles. The number of esters is 3. The SMILES string of the molecule is CO[C@H]1O[C@H](COC(=O)CCl)[C@@H](O[C@@H]2O[C@@H](C(=O)OC(C)(C)C)[C@@H](Oc3cccc4ccccc34)[C@H](OCc3ccccc3)[C@H]2OC(=O)c2ccccc2)[C@H](OCc2ccccc2)[C@H]1NC(=O)OCc1ccccc1. The van der Waals surface area contributed by atoms with Crippen LogP contribution in [0, 0.1) is 0 Å². The fraction of sp³-hybridized carbons (Fsp3) is 0.345. The van der Waals surface area contributed by atoms with Gasteiger partial charge in [0.05, 0.1) is 18.8 Å². The number of amides is 1. The number of ether oxygens (including phenoxy) is 11. The minimum Gasteiger partial charge on any atom is -0.484 e. The lowest BCUT2D eigenvalue weighted by Gasteiger charge is -2.49. The number of methoxy groups -OCH3 is 1. The topological polar surface area (TPSA) is 182 Å². The molecule has 0 spiro atoms. The van der Waals surface area contributed by atoms with Crippen LogP contribution in [0.3, 0.4) is 0 Å².